The maximum Gasteiger partial charge on any atom is 0.320 e. The molecule has 0 heterocycles. The highest BCUT2D eigenvalue weighted by Gasteiger charge is 2.22. The zero-order valence-electron chi connectivity index (χ0n) is 10.9. The number of carboxylic acids is 1. The van der Waals surface area contributed by atoms with Crippen molar-refractivity contribution in [2.24, 2.45) is 0 Å². The Morgan fingerprint density at radius 2 is 2.11 bits per heavy atom. The Bertz CT molecular complexity index is 395. The van der Waals surface area contributed by atoms with Crippen LogP contribution in [0.5, 0.6) is 0 Å². The molecular weight excluding hydrogens is 294 g/mol. The molecule has 0 aliphatic carbocycles. The fraction of sp³-hybridized carbons (Fsp3) is 0.500. The quantitative estimate of drug-likeness (QED) is 0.837. The predicted molar refractivity (Wildman–Crippen MR) is 76.6 cm³/mol. The molecule has 0 saturated carbocycles. The third-order valence-electron chi connectivity index (χ3n) is 3.03. The summed E-state index contributed by atoms with van der Waals surface area (Å²) in [5.41, 5.74) is 1.11. The molecule has 1 atom stereocenters. The van der Waals surface area contributed by atoms with Gasteiger partial charge >= 0.3 is 5.97 Å². The number of likely N-dealkylation sites (N-methyl/N-ethyl adjacent to an activating group) is 1. The summed E-state index contributed by atoms with van der Waals surface area (Å²) < 4.78 is 1.02. The van der Waals surface area contributed by atoms with Crippen molar-refractivity contribution in [3.05, 3.63) is 34.3 Å². The van der Waals surface area contributed by atoms with Gasteiger partial charge in [-0.1, -0.05) is 53.9 Å². The minimum Gasteiger partial charge on any atom is -0.480 e. The molecule has 0 spiro atoms. The van der Waals surface area contributed by atoms with E-state index in [2.05, 4.69) is 22.9 Å². The van der Waals surface area contributed by atoms with Crippen LogP contribution in [0.1, 0.15) is 31.7 Å². The fourth-order valence-electron chi connectivity index (χ4n) is 1.94. The van der Waals surface area contributed by atoms with E-state index < -0.39 is 12.0 Å². The molecule has 1 rings (SSSR count). The van der Waals surface area contributed by atoms with Gasteiger partial charge in [-0.15, -0.1) is 0 Å². The van der Waals surface area contributed by atoms with Crippen molar-refractivity contribution in [3.8, 4) is 0 Å². The smallest absolute Gasteiger partial charge is 0.320 e. The van der Waals surface area contributed by atoms with Gasteiger partial charge in [0.2, 0.25) is 0 Å². The second kappa shape index (κ2) is 7.54. The number of aliphatic carboxylic acids is 1. The summed E-state index contributed by atoms with van der Waals surface area (Å²) in [7, 11) is 1.87. The molecule has 0 bridgehead atoms. The van der Waals surface area contributed by atoms with Crippen LogP contribution in [0.2, 0.25) is 0 Å². The average molecular weight is 314 g/mol. The zero-order chi connectivity index (χ0) is 13.5. The Hall–Kier alpha value is -0.870. The summed E-state index contributed by atoms with van der Waals surface area (Å²) in [6.07, 6.45) is 2.66. The molecule has 0 amide bonds. The largest absolute Gasteiger partial charge is 0.480 e. The Labute approximate surface area is 117 Å². The number of hydrogen-bond acceptors (Lipinski definition) is 2. The minimum atomic E-state index is -0.738. The summed E-state index contributed by atoms with van der Waals surface area (Å²) in [5, 5.41) is 9.26. The molecule has 1 N–H and O–H groups in total. The van der Waals surface area contributed by atoms with Gasteiger partial charge in [-0.05, 0) is 25.1 Å². The number of unbranched alkanes of at least 4 members (excludes halogenated alkanes) is 1. The van der Waals surface area contributed by atoms with Gasteiger partial charge in [-0.2, -0.15) is 0 Å². The van der Waals surface area contributed by atoms with Crippen LogP contribution in [0.3, 0.4) is 0 Å². The van der Waals surface area contributed by atoms with E-state index in [1.54, 1.807) is 0 Å². The van der Waals surface area contributed by atoms with E-state index in [9.17, 15) is 9.90 Å². The van der Waals surface area contributed by atoms with Gasteiger partial charge in [-0.25, -0.2) is 0 Å². The van der Waals surface area contributed by atoms with Crippen LogP contribution in [-0.4, -0.2) is 29.1 Å². The molecule has 1 aromatic carbocycles. The van der Waals surface area contributed by atoms with Gasteiger partial charge < -0.3 is 5.11 Å². The summed E-state index contributed by atoms with van der Waals surface area (Å²) in [5.74, 6) is -0.738. The highest BCUT2D eigenvalue weighted by atomic mass is 79.9. The SMILES string of the molecule is CCCCC(C(=O)O)N(C)Cc1ccccc1Br. The minimum absolute atomic E-state index is 0.406. The maximum absolute atomic E-state index is 11.3. The second-order valence-corrected chi connectivity index (χ2v) is 5.36. The average Bonchev–Trinajstić information content (AvgIpc) is 2.32. The topological polar surface area (TPSA) is 40.5 Å². The lowest BCUT2D eigenvalue weighted by Gasteiger charge is -2.25. The van der Waals surface area contributed by atoms with Crippen LogP contribution in [0.25, 0.3) is 0 Å². The lowest BCUT2D eigenvalue weighted by molar-refractivity contribution is -0.143. The first-order valence-corrected chi connectivity index (χ1v) is 7.02. The number of halogens is 1. The fourth-order valence-corrected chi connectivity index (χ4v) is 2.35. The number of nitrogens with zero attached hydrogens (tertiary/aromatic N) is 1. The number of hydrogen-bond donors (Lipinski definition) is 1. The molecule has 0 radical (unpaired) electrons. The predicted octanol–water partition coefficient (Wildman–Crippen LogP) is 3.52. The highest BCUT2D eigenvalue weighted by Crippen LogP contribution is 2.19. The summed E-state index contributed by atoms with van der Waals surface area (Å²) in [6.45, 7) is 2.72. The van der Waals surface area contributed by atoms with E-state index in [0.29, 0.717) is 13.0 Å². The van der Waals surface area contributed by atoms with Gasteiger partial charge in [0.15, 0.2) is 0 Å². The van der Waals surface area contributed by atoms with Crippen LogP contribution < -0.4 is 0 Å². The van der Waals surface area contributed by atoms with Crippen LogP contribution in [0.4, 0.5) is 0 Å². The number of benzene rings is 1. The summed E-state index contributed by atoms with van der Waals surface area (Å²) in [4.78, 5) is 13.2. The number of rotatable bonds is 7. The molecule has 1 aromatic rings. The Balaban J connectivity index is 2.69. The molecule has 1 unspecified atom stereocenters. The van der Waals surface area contributed by atoms with Crippen molar-refractivity contribution in [1.29, 1.82) is 0 Å². The van der Waals surface area contributed by atoms with Crippen molar-refractivity contribution in [2.75, 3.05) is 7.05 Å². The van der Waals surface area contributed by atoms with E-state index in [4.69, 9.17) is 0 Å². The lowest BCUT2D eigenvalue weighted by Crippen LogP contribution is -2.38. The van der Waals surface area contributed by atoms with E-state index in [1.807, 2.05) is 36.2 Å². The van der Waals surface area contributed by atoms with Crippen LogP contribution in [-0.2, 0) is 11.3 Å². The second-order valence-electron chi connectivity index (χ2n) is 4.50. The lowest BCUT2D eigenvalue weighted by atomic mass is 10.1. The Morgan fingerprint density at radius 1 is 1.44 bits per heavy atom. The molecule has 3 nitrogen and oxygen atoms in total. The van der Waals surface area contributed by atoms with Crippen molar-refractivity contribution >= 4 is 21.9 Å². The van der Waals surface area contributed by atoms with Gasteiger partial charge in [0.05, 0.1) is 0 Å². The monoisotopic (exact) mass is 313 g/mol. The zero-order valence-corrected chi connectivity index (χ0v) is 12.5. The van der Waals surface area contributed by atoms with E-state index >= 15 is 0 Å². The van der Waals surface area contributed by atoms with Gasteiger partial charge in [0, 0.05) is 11.0 Å². The molecule has 18 heavy (non-hydrogen) atoms. The van der Waals surface area contributed by atoms with Gasteiger partial charge in [0.25, 0.3) is 0 Å². The first-order chi connectivity index (χ1) is 8.56. The van der Waals surface area contributed by atoms with Crippen LogP contribution >= 0.6 is 15.9 Å². The van der Waals surface area contributed by atoms with Gasteiger partial charge in [0.1, 0.15) is 6.04 Å². The van der Waals surface area contributed by atoms with Crippen LogP contribution in [0.15, 0.2) is 28.7 Å². The number of carboxylic acid groups (broad SMARTS) is 1. The Morgan fingerprint density at radius 3 is 2.67 bits per heavy atom. The number of carbonyl (C=O) groups is 1. The summed E-state index contributed by atoms with van der Waals surface area (Å²) >= 11 is 3.49. The molecule has 4 heteroatoms. The summed E-state index contributed by atoms with van der Waals surface area (Å²) in [6, 6.07) is 7.51. The normalized spacial score (nSPS) is 12.7. The van der Waals surface area contributed by atoms with Crippen molar-refractivity contribution in [3.63, 3.8) is 0 Å². The van der Waals surface area contributed by atoms with Crippen molar-refractivity contribution in [2.45, 2.75) is 38.8 Å². The highest BCUT2D eigenvalue weighted by molar-refractivity contribution is 9.10. The van der Waals surface area contributed by atoms with Crippen molar-refractivity contribution in [1.82, 2.24) is 4.90 Å². The molecule has 100 valence electrons. The van der Waals surface area contributed by atoms with Crippen LogP contribution in [0, 0.1) is 0 Å². The molecule has 0 saturated heterocycles. The first-order valence-electron chi connectivity index (χ1n) is 6.22. The third-order valence-corrected chi connectivity index (χ3v) is 3.80. The molecule has 0 aromatic heterocycles. The molecule has 0 aliphatic heterocycles. The molecular formula is C14H20BrNO2. The van der Waals surface area contributed by atoms with E-state index in [0.717, 1.165) is 22.9 Å². The van der Waals surface area contributed by atoms with E-state index in [1.165, 1.54) is 0 Å². The Kier molecular flexibility index (Phi) is 6.36. The first kappa shape index (κ1) is 15.2. The standard InChI is InChI=1S/C14H20BrNO2/c1-3-4-9-13(14(17)18)16(2)10-11-7-5-6-8-12(11)15/h5-8,13H,3-4,9-10H2,1-2H3,(H,17,18). The van der Waals surface area contributed by atoms with Crippen molar-refractivity contribution < 1.29 is 9.90 Å². The van der Waals surface area contributed by atoms with Gasteiger partial charge in [-0.3, -0.25) is 9.69 Å². The maximum atomic E-state index is 11.3. The third kappa shape index (κ3) is 4.42. The molecule has 0 aliphatic rings. The van der Waals surface area contributed by atoms with E-state index in [-0.39, 0.29) is 0 Å². The molecule has 0 fully saturated rings.